The predicted molar refractivity (Wildman–Crippen MR) is 80.8 cm³/mol. The Bertz CT molecular complexity index is 754. The molecule has 3 aromatic rings. The number of aryl methyl sites for hydroxylation is 2. The summed E-state index contributed by atoms with van der Waals surface area (Å²) in [5.41, 5.74) is 8.84. The first kappa shape index (κ1) is 12.4. The molecule has 6 nitrogen and oxygen atoms in total. The largest absolute Gasteiger partial charge is 0.399 e. The van der Waals surface area contributed by atoms with Gasteiger partial charge in [-0.2, -0.15) is 0 Å². The standard InChI is InChI=1S/C15H18N6/c16-12-4-5-14-13(10-12)18-15(11-2-3-11)21(14)8-1-7-20-9-6-17-19-20/h4-6,9-11H,1-3,7-8,16H2. The van der Waals surface area contributed by atoms with Gasteiger partial charge in [0.05, 0.1) is 17.2 Å². The zero-order valence-electron chi connectivity index (χ0n) is 11.8. The maximum absolute atomic E-state index is 5.87. The lowest BCUT2D eigenvalue weighted by molar-refractivity contribution is 0.512. The second-order valence-corrected chi connectivity index (χ2v) is 5.66. The van der Waals surface area contributed by atoms with Gasteiger partial charge in [0, 0.05) is 30.9 Å². The van der Waals surface area contributed by atoms with Crippen molar-refractivity contribution in [3.8, 4) is 0 Å². The Morgan fingerprint density at radius 1 is 1.24 bits per heavy atom. The van der Waals surface area contributed by atoms with Gasteiger partial charge in [-0.15, -0.1) is 5.10 Å². The van der Waals surface area contributed by atoms with Crippen molar-refractivity contribution in [2.24, 2.45) is 0 Å². The fourth-order valence-electron chi connectivity index (χ4n) is 2.80. The Morgan fingerprint density at radius 3 is 2.90 bits per heavy atom. The maximum Gasteiger partial charge on any atom is 0.112 e. The Morgan fingerprint density at radius 2 is 2.14 bits per heavy atom. The van der Waals surface area contributed by atoms with Gasteiger partial charge >= 0.3 is 0 Å². The number of rotatable bonds is 5. The van der Waals surface area contributed by atoms with Crippen LogP contribution in [0, 0.1) is 0 Å². The first-order chi connectivity index (χ1) is 10.3. The minimum absolute atomic E-state index is 0.630. The average molecular weight is 282 g/mol. The van der Waals surface area contributed by atoms with Gasteiger partial charge in [-0.25, -0.2) is 4.98 Å². The zero-order valence-corrected chi connectivity index (χ0v) is 11.8. The molecule has 0 bridgehead atoms. The number of nitrogens with zero attached hydrogens (tertiary/aromatic N) is 5. The van der Waals surface area contributed by atoms with Gasteiger partial charge in [0.25, 0.3) is 0 Å². The summed E-state index contributed by atoms with van der Waals surface area (Å²) >= 11 is 0. The Labute approximate surface area is 122 Å². The molecule has 21 heavy (non-hydrogen) atoms. The molecular formula is C15H18N6. The van der Waals surface area contributed by atoms with Gasteiger partial charge in [-0.1, -0.05) is 5.21 Å². The summed E-state index contributed by atoms with van der Waals surface area (Å²) in [6.07, 6.45) is 7.13. The average Bonchev–Trinajstić information content (AvgIpc) is 3.07. The zero-order chi connectivity index (χ0) is 14.2. The molecule has 1 saturated carbocycles. The van der Waals surface area contributed by atoms with Gasteiger partial charge in [0.2, 0.25) is 0 Å². The molecule has 1 aliphatic carbocycles. The lowest BCUT2D eigenvalue weighted by Crippen LogP contribution is -2.07. The summed E-state index contributed by atoms with van der Waals surface area (Å²) < 4.78 is 4.22. The van der Waals surface area contributed by atoms with Gasteiger partial charge in [-0.3, -0.25) is 4.68 Å². The van der Waals surface area contributed by atoms with Crippen molar-refractivity contribution >= 4 is 16.7 Å². The highest BCUT2D eigenvalue weighted by Gasteiger charge is 2.29. The van der Waals surface area contributed by atoms with Crippen molar-refractivity contribution in [1.82, 2.24) is 24.5 Å². The summed E-state index contributed by atoms with van der Waals surface area (Å²) in [6.45, 7) is 1.82. The fraction of sp³-hybridized carbons (Fsp3) is 0.400. The van der Waals surface area contributed by atoms with Crippen LogP contribution in [0.5, 0.6) is 0 Å². The van der Waals surface area contributed by atoms with Crippen LogP contribution in [0.3, 0.4) is 0 Å². The third kappa shape index (κ3) is 2.37. The molecular weight excluding hydrogens is 264 g/mol. The summed E-state index contributed by atoms with van der Waals surface area (Å²) in [7, 11) is 0. The number of hydrogen-bond acceptors (Lipinski definition) is 4. The Kier molecular flexibility index (Phi) is 2.87. The van der Waals surface area contributed by atoms with E-state index in [1.807, 2.05) is 23.0 Å². The third-order valence-electron chi connectivity index (χ3n) is 3.99. The van der Waals surface area contributed by atoms with Crippen molar-refractivity contribution in [3.05, 3.63) is 36.4 Å². The number of fused-ring (bicyclic) bond motifs is 1. The van der Waals surface area contributed by atoms with Crippen LogP contribution in [0.2, 0.25) is 0 Å². The lowest BCUT2D eigenvalue weighted by atomic mass is 10.2. The van der Waals surface area contributed by atoms with Crippen molar-refractivity contribution in [2.45, 2.75) is 38.3 Å². The fourth-order valence-corrected chi connectivity index (χ4v) is 2.80. The Hall–Kier alpha value is -2.37. The third-order valence-corrected chi connectivity index (χ3v) is 3.99. The topological polar surface area (TPSA) is 74.5 Å². The Balaban J connectivity index is 1.61. The minimum Gasteiger partial charge on any atom is -0.399 e. The number of nitrogens with two attached hydrogens (primary N) is 1. The van der Waals surface area contributed by atoms with Crippen LogP contribution in [0.25, 0.3) is 11.0 Å². The molecule has 1 fully saturated rings. The number of imidazole rings is 1. The van der Waals surface area contributed by atoms with Gasteiger partial charge in [0.15, 0.2) is 0 Å². The van der Waals surface area contributed by atoms with Crippen molar-refractivity contribution in [2.75, 3.05) is 5.73 Å². The first-order valence-corrected chi connectivity index (χ1v) is 7.41. The van der Waals surface area contributed by atoms with Crippen LogP contribution in [-0.2, 0) is 13.1 Å². The molecule has 0 aliphatic heterocycles. The molecule has 0 unspecified atom stereocenters. The molecule has 2 heterocycles. The number of nitrogen functional groups attached to an aromatic ring is 1. The molecule has 2 N–H and O–H groups in total. The quantitative estimate of drug-likeness (QED) is 0.728. The summed E-state index contributed by atoms with van der Waals surface area (Å²) in [4.78, 5) is 4.80. The van der Waals surface area contributed by atoms with E-state index in [1.54, 1.807) is 6.20 Å². The second-order valence-electron chi connectivity index (χ2n) is 5.66. The highest BCUT2D eigenvalue weighted by Crippen LogP contribution is 2.40. The number of aromatic nitrogens is 5. The molecule has 4 rings (SSSR count). The van der Waals surface area contributed by atoms with Crippen LogP contribution >= 0.6 is 0 Å². The van der Waals surface area contributed by atoms with Crippen LogP contribution < -0.4 is 5.73 Å². The monoisotopic (exact) mass is 282 g/mol. The van der Waals surface area contributed by atoms with E-state index in [0.717, 1.165) is 30.7 Å². The van der Waals surface area contributed by atoms with E-state index >= 15 is 0 Å². The molecule has 0 atom stereocenters. The van der Waals surface area contributed by atoms with E-state index in [0.29, 0.717) is 5.92 Å². The van der Waals surface area contributed by atoms with E-state index in [9.17, 15) is 0 Å². The van der Waals surface area contributed by atoms with Gasteiger partial charge < -0.3 is 10.3 Å². The molecule has 0 saturated heterocycles. The smallest absolute Gasteiger partial charge is 0.112 e. The lowest BCUT2D eigenvalue weighted by Gasteiger charge is -2.08. The van der Waals surface area contributed by atoms with Crippen molar-refractivity contribution in [1.29, 1.82) is 0 Å². The molecule has 2 aromatic heterocycles. The molecule has 1 aliphatic rings. The van der Waals surface area contributed by atoms with Crippen LogP contribution in [0.4, 0.5) is 5.69 Å². The highest BCUT2D eigenvalue weighted by atomic mass is 15.4. The van der Waals surface area contributed by atoms with Gasteiger partial charge in [-0.05, 0) is 37.5 Å². The summed E-state index contributed by atoms with van der Waals surface area (Å²) in [5, 5.41) is 7.84. The van der Waals surface area contributed by atoms with E-state index in [1.165, 1.54) is 24.2 Å². The maximum atomic E-state index is 5.87. The minimum atomic E-state index is 0.630. The van der Waals surface area contributed by atoms with Crippen molar-refractivity contribution < 1.29 is 0 Å². The molecule has 108 valence electrons. The summed E-state index contributed by atoms with van der Waals surface area (Å²) in [6, 6.07) is 6.00. The molecule has 0 amide bonds. The van der Waals surface area contributed by atoms with Crippen LogP contribution in [-0.4, -0.2) is 24.5 Å². The molecule has 1 aromatic carbocycles. The number of hydrogen-bond donors (Lipinski definition) is 1. The highest BCUT2D eigenvalue weighted by molar-refractivity contribution is 5.79. The molecule has 0 spiro atoms. The van der Waals surface area contributed by atoms with E-state index in [2.05, 4.69) is 20.9 Å². The second kappa shape index (κ2) is 4.87. The molecule has 6 heteroatoms. The van der Waals surface area contributed by atoms with Crippen LogP contribution in [0.1, 0.15) is 31.0 Å². The normalized spacial score (nSPS) is 14.9. The SMILES string of the molecule is Nc1ccc2c(c1)nc(C1CC1)n2CCCn1ccnn1. The number of benzene rings is 1. The van der Waals surface area contributed by atoms with Gasteiger partial charge in [0.1, 0.15) is 5.82 Å². The predicted octanol–water partition coefficient (Wildman–Crippen LogP) is 2.18. The van der Waals surface area contributed by atoms with E-state index < -0.39 is 0 Å². The summed E-state index contributed by atoms with van der Waals surface area (Å²) in [5.74, 6) is 1.85. The number of anilines is 1. The van der Waals surface area contributed by atoms with Crippen molar-refractivity contribution in [3.63, 3.8) is 0 Å². The van der Waals surface area contributed by atoms with E-state index in [4.69, 9.17) is 10.7 Å². The van der Waals surface area contributed by atoms with E-state index in [-0.39, 0.29) is 0 Å². The van der Waals surface area contributed by atoms with Crippen LogP contribution in [0.15, 0.2) is 30.6 Å². The molecule has 0 radical (unpaired) electrons. The first-order valence-electron chi connectivity index (χ1n) is 7.41.